The van der Waals surface area contributed by atoms with Gasteiger partial charge >= 0.3 is 0 Å². The molecule has 1 aliphatic rings. The first-order chi connectivity index (χ1) is 8.97. The van der Waals surface area contributed by atoms with Crippen LogP contribution in [0, 0.1) is 5.92 Å². The van der Waals surface area contributed by atoms with Crippen LogP contribution in [0.2, 0.25) is 0 Å². The van der Waals surface area contributed by atoms with Crippen molar-refractivity contribution in [3.05, 3.63) is 0 Å². The molecule has 2 amide bonds. The van der Waals surface area contributed by atoms with Gasteiger partial charge in [0.05, 0.1) is 6.04 Å². The average Bonchev–Trinajstić information content (AvgIpc) is 2.45. The van der Waals surface area contributed by atoms with E-state index in [1.807, 2.05) is 18.7 Å². The zero-order valence-corrected chi connectivity index (χ0v) is 12.3. The van der Waals surface area contributed by atoms with Crippen LogP contribution in [0.25, 0.3) is 0 Å². The second kappa shape index (κ2) is 7.48. The molecular weight excluding hydrogens is 242 g/mol. The van der Waals surface area contributed by atoms with E-state index in [2.05, 4.69) is 5.32 Å². The SMILES string of the molecule is CCC(C)[C@H](N)C(=O)NC(C)C(=O)N1CCCCC1. The van der Waals surface area contributed by atoms with Crippen LogP contribution in [-0.4, -0.2) is 41.9 Å². The van der Waals surface area contributed by atoms with Crippen molar-refractivity contribution >= 4 is 11.8 Å². The molecule has 0 bridgehead atoms. The van der Waals surface area contributed by atoms with Gasteiger partial charge in [0.1, 0.15) is 6.04 Å². The first kappa shape index (κ1) is 16.0. The molecule has 5 nitrogen and oxygen atoms in total. The molecule has 1 saturated heterocycles. The predicted molar refractivity (Wildman–Crippen MR) is 75.5 cm³/mol. The molecule has 0 spiro atoms. The van der Waals surface area contributed by atoms with Gasteiger partial charge in [-0.3, -0.25) is 9.59 Å². The third-order valence-corrected chi connectivity index (χ3v) is 3.96. The summed E-state index contributed by atoms with van der Waals surface area (Å²) in [7, 11) is 0. The number of hydrogen-bond donors (Lipinski definition) is 2. The Morgan fingerprint density at radius 3 is 2.32 bits per heavy atom. The summed E-state index contributed by atoms with van der Waals surface area (Å²) in [5, 5.41) is 2.74. The van der Waals surface area contributed by atoms with Gasteiger partial charge in [0, 0.05) is 13.1 Å². The third kappa shape index (κ3) is 4.49. The molecule has 0 aliphatic carbocycles. The quantitative estimate of drug-likeness (QED) is 0.778. The van der Waals surface area contributed by atoms with E-state index in [-0.39, 0.29) is 17.7 Å². The maximum absolute atomic E-state index is 12.2. The van der Waals surface area contributed by atoms with Crippen molar-refractivity contribution in [2.75, 3.05) is 13.1 Å². The van der Waals surface area contributed by atoms with Gasteiger partial charge in [-0.05, 0) is 32.1 Å². The minimum atomic E-state index is -0.540. The fourth-order valence-electron chi connectivity index (χ4n) is 2.27. The number of amides is 2. The van der Waals surface area contributed by atoms with Crippen molar-refractivity contribution in [3.8, 4) is 0 Å². The Balaban J connectivity index is 2.46. The Hall–Kier alpha value is -1.10. The topological polar surface area (TPSA) is 75.4 Å². The van der Waals surface area contributed by atoms with Crippen LogP contribution in [-0.2, 0) is 9.59 Å². The summed E-state index contributed by atoms with van der Waals surface area (Å²) in [5.41, 5.74) is 5.86. The van der Waals surface area contributed by atoms with E-state index in [1.54, 1.807) is 6.92 Å². The van der Waals surface area contributed by atoms with E-state index in [1.165, 1.54) is 6.42 Å². The number of carbonyl (C=O) groups is 2. The van der Waals surface area contributed by atoms with E-state index < -0.39 is 12.1 Å². The highest BCUT2D eigenvalue weighted by atomic mass is 16.2. The molecular formula is C14H27N3O2. The minimum Gasteiger partial charge on any atom is -0.343 e. The Morgan fingerprint density at radius 1 is 1.21 bits per heavy atom. The molecule has 1 heterocycles. The Labute approximate surface area is 115 Å². The second-order valence-corrected chi connectivity index (χ2v) is 5.53. The van der Waals surface area contributed by atoms with Gasteiger partial charge in [-0.1, -0.05) is 20.3 Å². The molecule has 0 aromatic carbocycles. The number of nitrogens with one attached hydrogen (secondary N) is 1. The maximum Gasteiger partial charge on any atom is 0.244 e. The minimum absolute atomic E-state index is 0.00408. The second-order valence-electron chi connectivity index (χ2n) is 5.53. The summed E-state index contributed by atoms with van der Waals surface area (Å²) in [6.45, 7) is 7.28. The van der Waals surface area contributed by atoms with Gasteiger partial charge in [0.25, 0.3) is 0 Å². The molecule has 0 aromatic heterocycles. The number of piperidine rings is 1. The number of rotatable bonds is 5. The Kier molecular flexibility index (Phi) is 6.28. The summed E-state index contributed by atoms with van der Waals surface area (Å²) in [6, 6.07) is -1.03. The van der Waals surface area contributed by atoms with Crippen molar-refractivity contribution in [1.29, 1.82) is 0 Å². The van der Waals surface area contributed by atoms with Crippen LogP contribution in [0.1, 0.15) is 46.5 Å². The lowest BCUT2D eigenvalue weighted by molar-refractivity contribution is -0.137. The highest BCUT2D eigenvalue weighted by Crippen LogP contribution is 2.10. The summed E-state index contributed by atoms with van der Waals surface area (Å²) in [6.07, 6.45) is 4.14. The predicted octanol–water partition coefficient (Wildman–Crippen LogP) is 0.877. The normalized spacial score (nSPS) is 20.5. The number of nitrogens with zero attached hydrogens (tertiary/aromatic N) is 1. The highest BCUT2D eigenvalue weighted by molar-refractivity contribution is 5.89. The zero-order valence-electron chi connectivity index (χ0n) is 12.3. The van der Waals surface area contributed by atoms with Gasteiger partial charge < -0.3 is 16.0 Å². The lowest BCUT2D eigenvalue weighted by Crippen LogP contribution is -2.53. The van der Waals surface area contributed by atoms with Crippen LogP contribution in [0.4, 0.5) is 0 Å². The van der Waals surface area contributed by atoms with Gasteiger partial charge in [-0.2, -0.15) is 0 Å². The largest absolute Gasteiger partial charge is 0.343 e. The van der Waals surface area contributed by atoms with E-state index in [9.17, 15) is 9.59 Å². The molecule has 3 atom stereocenters. The van der Waals surface area contributed by atoms with Crippen molar-refractivity contribution in [2.24, 2.45) is 11.7 Å². The van der Waals surface area contributed by atoms with Crippen LogP contribution < -0.4 is 11.1 Å². The lowest BCUT2D eigenvalue weighted by Gasteiger charge is -2.30. The molecule has 1 rings (SSSR count). The molecule has 0 aromatic rings. The molecule has 110 valence electrons. The molecule has 1 aliphatic heterocycles. The van der Waals surface area contributed by atoms with E-state index in [0.717, 1.165) is 32.4 Å². The van der Waals surface area contributed by atoms with Crippen molar-refractivity contribution in [2.45, 2.75) is 58.5 Å². The van der Waals surface area contributed by atoms with Crippen molar-refractivity contribution in [1.82, 2.24) is 10.2 Å². The Morgan fingerprint density at radius 2 is 1.79 bits per heavy atom. The summed E-state index contributed by atoms with van der Waals surface area (Å²) in [4.78, 5) is 25.9. The molecule has 1 fully saturated rings. The Bertz CT molecular complexity index is 314. The van der Waals surface area contributed by atoms with E-state index >= 15 is 0 Å². The van der Waals surface area contributed by atoms with Gasteiger partial charge in [-0.15, -0.1) is 0 Å². The van der Waals surface area contributed by atoms with E-state index in [4.69, 9.17) is 5.73 Å². The number of hydrogen-bond acceptors (Lipinski definition) is 3. The molecule has 3 N–H and O–H groups in total. The number of nitrogens with two attached hydrogens (primary N) is 1. The number of carbonyl (C=O) groups excluding carboxylic acids is 2. The standard InChI is InChI=1S/C14H27N3O2/c1-4-10(2)12(15)13(18)16-11(3)14(19)17-8-6-5-7-9-17/h10-12H,4-9,15H2,1-3H3,(H,16,18)/t10?,11?,12-/m0/s1. The van der Waals surface area contributed by atoms with Crippen LogP contribution in [0.5, 0.6) is 0 Å². The molecule has 19 heavy (non-hydrogen) atoms. The van der Waals surface area contributed by atoms with Crippen molar-refractivity contribution < 1.29 is 9.59 Å². The molecule has 0 saturated carbocycles. The summed E-state index contributed by atoms with van der Waals surface area (Å²) >= 11 is 0. The first-order valence-electron chi connectivity index (χ1n) is 7.32. The third-order valence-electron chi connectivity index (χ3n) is 3.96. The van der Waals surface area contributed by atoms with Crippen molar-refractivity contribution in [3.63, 3.8) is 0 Å². The molecule has 2 unspecified atom stereocenters. The van der Waals surface area contributed by atoms with Gasteiger partial charge in [-0.25, -0.2) is 0 Å². The van der Waals surface area contributed by atoms with Crippen LogP contribution in [0.3, 0.4) is 0 Å². The van der Waals surface area contributed by atoms with E-state index in [0.29, 0.717) is 0 Å². The first-order valence-corrected chi connectivity index (χ1v) is 7.32. The number of likely N-dealkylation sites (tertiary alicyclic amines) is 1. The maximum atomic E-state index is 12.2. The molecule has 5 heteroatoms. The smallest absolute Gasteiger partial charge is 0.244 e. The summed E-state index contributed by atoms with van der Waals surface area (Å²) in [5.74, 6) is -0.103. The highest BCUT2D eigenvalue weighted by Gasteiger charge is 2.26. The average molecular weight is 269 g/mol. The monoisotopic (exact) mass is 269 g/mol. The van der Waals surface area contributed by atoms with Gasteiger partial charge in [0.15, 0.2) is 0 Å². The van der Waals surface area contributed by atoms with Crippen LogP contribution in [0.15, 0.2) is 0 Å². The van der Waals surface area contributed by atoms with Gasteiger partial charge in [0.2, 0.25) is 11.8 Å². The zero-order chi connectivity index (χ0) is 14.4. The fraction of sp³-hybridized carbons (Fsp3) is 0.857. The molecule has 0 radical (unpaired) electrons. The fourth-order valence-corrected chi connectivity index (χ4v) is 2.27. The van der Waals surface area contributed by atoms with Crippen LogP contribution >= 0.6 is 0 Å². The lowest BCUT2D eigenvalue weighted by atomic mass is 9.99. The summed E-state index contributed by atoms with van der Waals surface area (Å²) < 4.78 is 0.